The number of carbonyl (C=O) groups excluding carboxylic acids is 1. The number of aromatic nitrogens is 4. The maximum absolute atomic E-state index is 12.4. The Balaban J connectivity index is 1.34. The number of halogens is 2. The fraction of sp³-hybridized carbons (Fsp3) is 0.0952. The average Bonchev–Trinajstić information content (AvgIpc) is 3.38. The molecule has 0 atom stereocenters. The van der Waals surface area contributed by atoms with Gasteiger partial charge in [-0.05, 0) is 29.8 Å². The van der Waals surface area contributed by atoms with Gasteiger partial charge in [-0.15, -0.1) is 0 Å². The molecule has 0 saturated carbocycles. The first-order valence-electron chi connectivity index (χ1n) is 9.07. The molecule has 0 aliphatic heterocycles. The van der Waals surface area contributed by atoms with Crippen molar-refractivity contribution in [3.05, 3.63) is 94.4 Å². The minimum absolute atomic E-state index is 0.0976. The summed E-state index contributed by atoms with van der Waals surface area (Å²) in [5, 5.41) is 12.3. The lowest BCUT2D eigenvalue weighted by molar-refractivity contribution is 0.101. The second kappa shape index (κ2) is 9.02. The smallest absolute Gasteiger partial charge is 0.277 e. The molecule has 0 aliphatic rings. The Morgan fingerprint density at radius 3 is 2.57 bits per heavy atom. The number of anilines is 1. The number of hydrogen-bond donors (Lipinski definition) is 1. The largest absolute Gasteiger partial charge is 0.470 e. The van der Waals surface area contributed by atoms with Crippen LogP contribution in [0.1, 0.15) is 16.1 Å². The molecule has 1 N–H and O–H groups in total. The van der Waals surface area contributed by atoms with E-state index < -0.39 is 0 Å². The average molecular weight is 442 g/mol. The van der Waals surface area contributed by atoms with Gasteiger partial charge in [-0.2, -0.15) is 10.2 Å². The van der Waals surface area contributed by atoms with Gasteiger partial charge in [-0.3, -0.25) is 9.48 Å². The van der Waals surface area contributed by atoms with E-state index in [9.17, 15) is 4.79 Å². The predicted octanol–water partition coefficient (Wildman–Crippen LogP) is 4.72. The first-order valence-corrected chi connectivity index (χ1v) is 9.82. The number of carbonyl (C=O) groups is 1. The number of nitrogens with one attached hydrogen (secondary N) is 1. The molecular weight excluding hydrogens is 425 g/mol. The zero-order valence-corrected chi connectivity index (χ0v) is 17.2. The van der Waals surface area contributed by atoms with Gasteiger partial charge in [0.1, 0.15) is 5.75 Å². The van der Waals surface area contributed by atoms with Gasteiger partial charge in [0.15, 0.2) is 18.2 Å². The number of benzene rings is 2. The fourth-order valence-corrected chi connectivity index (χ4v) is 3.21. The maximum Gasteiger partial charge on any atom is 0.277 e. The third-order valence-electron chi connectivity index (χ3n) is 4.19. The highest BCUT2D eigenvalue weighted by atomic mass is 35.5. The quantitative estimate of drug-likeness (QED) is 0.450. The summed E-state index contributed by atoms with van der Waals surface area (Å²) in [7, 11) is 0. The topological polar surface area (TPSA) is 74.0 Å². The van der Waals surface area contributed by atoms with E-state index in [1.54, 1.807) is 41.2 Å². The van der Waals surface area contributed by atoms with Crippen LogP contribution in [0.5, 0.6) is 5.75 Å². The predicted molar refractivity (Wildman–Crippen MR) is 115 cm³/mol. The van der Waals surface area contributed by atoms with Crippen LogP contribution in [0.15, 0.2) is 73.1 Å². The highest BCUT2D eigenvalue weighted by Crippen LogP contribution is 2.27. The van der Waals surface area contributed by atoms with Crippen molar-refractivity contribution < 1.29 is 9.53 Å². The van der Waals surface area contributed by atoms with Crippen LogP contribution in [0, 0.1) is 0 Å². The van der Waals surface area contributed by atoms with Crippen LogP contribution in [0.4, 0.5) is 5.82 Å². The van der Waals surface area contributed by atoms with Crippen LogP contribution in [-0.2, 0) is 13.3 Å². The minimum Gasteiger partial charge on any atom is -0.470 e. The van der Waals surface area contributed by atoms with Gasteiger partial charge in [0.25, 0.3) is 5.91 Å². The molecule has 0 saturated heterocycles. The van der Waals surface area contributed by atoms with Crippen LogP contribution in [-0.4, -0.2) is 25.5 Å². The molecule has 152 valence electrons. The Hall–Kier alpha value is -3.29. The SMILES string of the molecule is O=C(Nc1ccn(Cc2ccccc2)n1)c1ccn(COc2ccc(Cl)cc2Cl)n1. The molecule has 0 spiro atoms. The van der Waals surface area contributed by atoms with Crippen molar-refractivity contribution in [3.63, 3.8) is 0 Å². The number of hydrogen-bond acceptors (Lipinski definition) is 4. The third-order valence-corrected chi connectivity index (χ3v) is 4.72. The van der Waals surface area contributed by atoms with E-state index in [-0.39, 0.29) is 18.3 Å². The molecule has 0 aliphatic carbocycles. The lowest BCUT2D eigenvalue weighted by Gasteiger charge is -2.08. The highest BCUT2D eigenvalue weighted by molar-refractivity contribution is 6.35. The Morgan fingerprint density at radius 1 is 0.967 bits per heavy atom. The molecule has 0 bridgehead atoms. The van der Waals surface area contributed by atoms with Gasteiger partial charge in [0.2, 0.25) is 0 Å². The normalized spacial score (nSPS) is 10.7. The van der Waals surface area contributed by atoms with Crippen LogP contribution >= 0.6 is 23.2 Å². The molecule has 2 aromatic carbocycles. The fourth-order valence-electron chi connectivity index (χ4n) is 2.75. The van der Waals surface area contributed by atoms with Crippen molar-refractivity contribution >= 4 is 34.9 Å². The summed E-state index contributed by atoms with van der Waals surface area (Å²) in [6, 6.07) is 18.2. The van der Waals surface area contributed by atoms with Gasteiger partial charge in [0.05, 0.1) is 11.6 Å². The van der Waals surface area contributed by atoms with E-state index >= 15 is 0 Å². The van der Waals surface area contributed by atoms with Gasteiger partial charge < -0.3 is 10.1 Å². The third kappa shape index (κ3) is 5.00. The molecule has 0 unspecified atom stereocenters. The summed E-state index contributed by atoms with van der Waals surface area (Å²) in [5.74, 6) is 0.574. The summed E-state index contributed by atoms with van der Waals surface area (Å²) in [6.07, 6.45) is 3.46. The molecular formula is C21H17Cl2N5O2. The summed E-state index contributed by atoms with van der Waals surface area (Å²) in [4.78, 5) is 12.4. The van der Waals surface area contributed by atoms with E-state index in [0.29, 0.717) is 28.2 Å². The molecule has 0 fully saturated rings. The molecule has 2 heterocycles. The first-order chi connectivity index (χ1) is 14.6. The number of rotatable bonds is 7. The second-order valence-corrected chi connectivity index (χ2v) is 7.27. The van der Waals surface area contributed by atoms with E-state index in [2.05, 4.69) is 15.5 Å². The van der Waals surface area contributed by atoms with E-state index in [1.165, 1.54) is 4.68 Å². The van der Waals surface area contributed by atoms with E-state index in [0.717, 1.165) is 5.56 Å². The van der Waals surface area contributed by atoms with Crippen LogP contribution in [0.2, 0.25) is 10.0 Å². The minimum atomic E-state index is -0.358. The van der Waals surface area contributed by atoms with Crippen LogP contribution in [0.3, 0.4) is 0 Å². The number of nitrogens with zero attached hydrogens (tertiary/aromatic N) is 4. The van der Waals surface area contributed by atoms with Crippen molar-refractivity contribution in [2.24, 2.45) is 0 Å². The van der Waals surface area contributed by atoms with Crippen molar-refractivity contribution in [1.82, 2.24) is 19.6 Å². The Bertz CT molecular complexity index is 1160. The lowest BCUT2D eigenvalue weighted by Crippen LogP contribution is -2.15. The highest BCUT2D eigenvalue weighted by Gasteiger charge is 2.12. The standard InChI is InChI=1S/C21H17Cl2N5O2/c22-16-6-7-19(17(23)12-16)30-14-28-10-8-18(25-28)21(29)24-20-9-11-27(26-20)13-15-4-2-1-3-5-15/h1-12H,13-14H2,(H,24,26,29). The Kier molecular flexibility index (Phi) is 6.02. The van der Waals surface area contributed by atoms with E-state index in [1.807, 2.05) is 36.5 Å². The zero-order valence-electron chi connectivity index (χ0n) is 15.7. The summed E-state index contributed by atoms with van der Waals surface area (Å²) < 4.78 is 8.86. The van der Waals surface area contributed by atoms with Gasteiger partial charge in [-0.25, -0.2) is 4.68 Å². The van der Waals surface area contributed by atoms with Crippen LogP contribution < -0.4 is 10.1 Å². The van der Waals surface area contributed by atoms with Crippen LogP contribution in [0.25, 0.3) is 0 Å². The van der Waals surface area contributed by atoms with Crippen molar-refractivity contribution in [3.8, 4) is 5.75 Å². The van der Waals surface area contributed by atoms with Crippen molar-refractivity contribution in [1.29, 1.82) is 0 Å². The molecule has 7 nitrogen and oxygen atoms in total. The number of ether oxygens (including phenoxy) is 1. The summed E-state index contributed by atoms with van der Waals surface area (Å²) in [6.45, 7) is 0.719. The van der Waals surface area contributed by atoms with E-state index in [4.69, 9.17) is 27.9 Å². The molecule has 2 aromatic heterocycles. The lowest BCUT2D eigenvalue weighted by atomic mass is 10.2. The zero-order chi connectivity index (χ0) is 20.9. The number of amides is 1. The summed E-state index contributed by atoms with van der Waals surface area (Å²) in [5.41, 5.74) is 1.37. The molecule has 30 heavy (non-hydrogen) atoms. The first kappa shape index (κ1) is 20.0. The Labute approximate surface area is 182 Å². The van der Waals surface area contributed by atoms with Gasteiger partial charge >= 0.3 is 0 Å². The monoisotopic (exact) mass is 441 g/mol. The molecule has 0 radical (unpaired) electrons. The molecule has 4 aromatic rings. The van der Waals surface area contributed by atoms with Gasteiger partial charge in [-0.1, -0.05) is 53.5 Å². The Morgan fingerprint density at radius 2 is 1.77 bits per heavy atom. The summed E-state index contributed by atoms with van der Waals surface area (Å²) >= 11 is 12.0. The second-order valence-electron chi connectivity index (χ2n) is 6.43. The molecule has 4 rings (SSSR count). The molecule has 1 amide bonds. The maximum atomic E-state index is 12.4. The molecule has 9 heteroatoms. The van der Waals surface area contributed by atoms with Crippen molar-refractivity contribution in [2.75, 3.05) is 5.32 Å². The van der Waals surface area contributed by atoms with Crippen molar-refractivity contribution in [2.45, 2.75) is 13.3 Å². The van der Waals surface area contributed by atoms with Gasteiger partial charge in [0, 0.05) is 23.5 Å².